The summed E-state index contributed by atoms with van der Waals surface area (Å²) in [6.07, 6.45) is 0.854. The summed E-state index contributed by atoms with van der Waals surface area (Å²) in [5.74, 6) is -1.57. The van der Waals surface area contributed by atoms with Gasteiger partial charge in [0.05, 0.1) is 0 Å². The van der Waals surface area contributed by atoms with E-state index >= 15 is 0 Å². The Kier molecular flexibility index (Phi) is 4.39. The molecule has 1 heterocycles. The van der Waals surface area contributed by atoms with Crippen LogP contribution in [0.4, 0.5) is 0 Å². The van der Waals surface area contributed by atoms with Crippen molar-refractivity contribution in [3.63, 3.8) is 0 Å². The first-order valence-electron chi connectivity index (χ1n) is 5.99. The van der Waals surface area contributed by atoms with E-state index in [0.717, 1.165) is 6.42 Å². The number of carboxylic acid groups (broad SMARTS) is 1. The van der Waals surface area contributed by atoms with Crippen molar-refractivity contribution in [3.8, 4) is 0 Å². The molecular formula is C13H14ClNO4. The van der Waals surface area contributed by atoms with Gasteiger partial charge in [0.15, 0.2) is 6.04 Å². The molecule has 1 aromatic carbocycles. The Morgan fingerprint density at radius 2 is 2.16 bits per heavy atom. The second kappa shape index (κ2) is 6.04. The van der Waals surface area contributed by atoms with E-state index in [9.17, 15) is 14.7 Å². The van der Waals surface area contributed by atoms with Gasteiger partial charge in [0.1, 0.15) is 6.10 Å². The van der Waals surface area contributed by atoms with Crippen LogP contribution in [0.15, 0.2) is 24.3 Å². The van der Waals surface area contributed by atoms with Crippen molar-refractivity contribution < 1.29 is 19.4 Å². The molecule has 0 saturated carbocycles. The predicted molar refractivity (Wildman–Crippen MR) is 68.9 cm³/mol. The van der Waals surface area contributed by atoms with Gasteiger partial charge in [-0.15, -0.1) is 0 Å². The number of carbonyl (C=O) groups is 2. The molecule has 0 bridgehead atoms. The average Bonchev–Trinajstić information content (AvgIpc) is 2.90. The molecular weight excluding hydrogens is 270 g/mol. The van der Waals surface area contributed by atoms with Gasteiger partial charge < -0.3 is 15.2 Å². The molecule has 19 heavy (non-hydrogen) atoms. The summed E-state index contributed by atoms with van der Waals surface area (Å²) >= 11 is 5.96. The van der Waals surface area contributed by atoms with Crippen LogP contribution in [-0.4, -0.2) is 29.7 Å². The molecule has 6 heteroatoms. The summed E-state index contributed by atoms with van der Waals surface area (Å²) in [6, 6.07) is 5.38. The number of ether oxygens (including phenoxy) is 1. The van der Waals surface area contributed by atoms with Crippen LogP contribution in [0.2, 0.25) is 5.02 Å². The molecule has 2 rings (SSSR count). The van der Waals surface area contributed by atoms with Gasteiger partial charge in [-0.25, -0.2) is 4.79 Å². The topological polar surface area (TPSA) is 75.6 Å². The maximum atomic E-state index is 11.9. The van der Waals surface area contributed by atoms with E-state index in [1.54, 1.807) is 24.3 Å². The van der Waals surface area contributed by atoms with Crippen LogP contribution < -0.4 is 5.32 Å². The van der Waals surface area contributed by atoms with Gasteiger partial charge >= 0.3 is 5.97 Å². The Labute approximate surface area is 115 Å². The highest BCUT2D eigenvalue weighted by atomic mass is 35.5. The molecule has 0 radical (unpaired) electrons. The van der Waals surface area contributed by atoms with E-state index in [1.165, 1.54) is 0 Å². The third-order valence-electron chi connectivity index (χ3n) is 2.97. The summed E-state index contributed by atoms with van der Waals surface area (Å²) in [5.41, 5.74) is 0.364. The molecule has 0 aromatic heterocycles. The number of hydrogen-bond acceptors (Lipinski definition) is 3. The molecule has 1 fully saturated rings. The Morgan fingerprint density at radius 3 is 2.74 bits per heavy atom. The van der Waals surface area contributed by atoms with Crippen LogP contribution >= 0.6 is 11.6 Å². The minimum Gasteiger partial charge on any atom is -0.479 e. The van der Waals surface area contributed by atoms with E-state index in [0.29, 0.717) is 23.6 Å². The maximum Gasteiger partial charge on any atom is 0.330 e. The summed E-state index contributed by atoms with van der Waals surface area (Å²) in [7, 11) is 0. The lowest BCUT2D eigenvalue weighted by Crippen LogP contribution is -2.40. The average molecular weight is 284 g/mol. The fourth-order valence-electron chi connectivity index (χ4n) is 2.00. The Balaban J connectivity index is 2.15. The van der Waals surface area contributed by atoms with E-state index < -0.39 is 24.0 Å². The fraction of sp³-hybridized carbons (Fsp3) is 0.385. The quantitative estimate of drug-likeness (QED) is 0.883. The number of nitrogens with one attached hydrogen (secondary N) is 1. The zero-order valence-corrected chi connectivity index (χ0v) is 10.9. The van der Waals surface area contributed by atoms with Crippen LogP contribution in [0, 0.1) is 0 Å². The van der Waals surface area contributed by atoms with Gasteiger partial charge in [-0.3, -0.25) is 4.79 Å². The Hall–Kier alpha value is -1.59. The normalized spacial score (nSPS) is 19.9. The molecule has 0 unspecified atom stereocenters. The predicted octanol–water partition coefficient (Wildman–Crippen LogP) is 1.76. The molecule has 1 aliphatic rings. The number of benzene rings is 1. The smallest absolute Gasteiger partial charge is 0.330 e. The molecule has 1 amide bonds. The van der Waals surface area contributed by atoms with E-state index in [1.807, 2.05) is 0 Å². The number of hydrogen-bond donors (Lipinski definition) is 2. The zero-order valence-electron chi connectivity index (χ0n) is 10.1. The molecule has 2 N–H and O–H groups in total. The number of aliphatic carboxylic acids is 1. The summed E-state index contributed by atoms with van der Waals surface area (Å²) in [5, 5.41) is 12.0. The largest absolute Gasteiger partial charge is 0.479 e. The van der Waals surface area contributed by atoms with Gasteiger partial charge in [-0.1, -0.05) is 29.8 Å². The lowest BCUT2D eigenvalue weighted by Gasteiger charge is -2.18. The van der Waals surface area contributed by atoms with Crippen molar-refractivity contribution in [3.05, 3.63) is 34.9 Å². The molecule has 1 aromatic rings. The standard InChI is InChI=1S/C13H14ClNO4/c14-9-5-2-1-4-8(9)11(13(17)18)15-12(16)10-6-3-7-19-10/h1-2,4-5,10-11H,3,6-7H2,(H,15,16)(H,17,18)/t10-,11-/m1/s1. The fourth-order valence-corrected chi connectivity index (χ4v) is 2.25. The van der Waals surface area contributed by atoms with Crippen molar-refractivity contribution in [2.24, 2.45) is 0 Å². The van der Waals surface area contributed by atoms with Crippen LogP contribution in [0.1, 0.15) is 24.4 Å². The number of carboxylic acids is 1. The van der Waals surface area contributed by atoms with Crippen molar-refractivity contribution in [2.45, 2.75) is 25.0 Å². The number of rotatable bonds is 4. The third kappa shape index (κ3) is 3.24. The first-order valence-corrected chi connectivity index (χ1v) is 6.36. The molecule has 102 valence electrons. The highest BCUT2D eigenvalue weighted by Crippen LogP contribution is 2.23. The zero-order chi connectivity index (χ0) is 13.8. The first-order chi connectivity index (χ1) is 9.09. The minimum atomic E-state index is -1.16. The van der Waals surface area contributed by atoms with E-state index in [-0.39, 0.29) is 0 Å². The maximum absolute atomic E-state index is 11.9. The minimum absolute atomic E-state index is 0.308. The molecule has 1 aliphatic heterocycles. The molecule has 0 spiro atoms. The number of carbonyl (C=O) groups excluding carboxylic acids is 1. The Bertz CT molecular complexity index is 485. The Morgan fingerprint density at radius 1 is 1.42 bits per heavy atom. The number of halogens is 1. The van der Waals surface area contributed by atoms with Gasteiger partial charge in [-0.05, 0) is 18.9 Å². The lowest BCUT2D eigenvalue weighted by molar-refractivity contribution is -0.143. The van der Waals surface area contributed by atoms with Gasteiger partial charge in [0.25, 0.3) is 0 Å². The highest BCUT2D eigenvalue weighted by molar-refractivity contribution is 6.31. The second-order valence-electron chi connectivity index (χ2n) is 4.30. The summed E-state index contributed by atoms with van der Waals surface area (Å²) in [6.45, 7) is 0.530. The molecule has 1 saturated heterocycles. The van der Waals surface area contributed by atoms with Crippen molar-refractivity contribution >= 4 is 23.5 Å². The monoisotopic (exact) mass is 283 g/mol. The van der Waals surface area contributed by atoms with Crippen molar-refractivity contribution in [1.29, 1.82) is 0 Å². The summed E-state index contributed by atoms with van der Waals surface area (Å²) < 4.78 is 5.22. The third-order valence-corrected chi connectivity index (χ3v) is 3.32. The second-order valence-corrected chi connectivity index (χ2v) is 4.71. The SMILES string of the molecule is O=C(N[C@@H](C(=O)O)c1ccccc1Cl)[C@H]1CCCO1. The van der Waals surface area contributed by atoms with Crippen molar-refractivity contribution in [2.75, 3.05) is 6.61 Å². The molecule has 5 nitrogen and oxygen atoms in total. The van der Waals surface area contributed by atoms with Crippen LogP contribution in [0.25, 0.3) is 0 Å². The van der Waals surface area contributed by atoms with Crippen LogP contribution in [0.5, 0.6) is 0 Å². The van der Waals surface area contributed by atoms with E-state index in [2.05, 4.69) is 5.32 Å². The van der Waals surface area contributed by atoms with Gasteiger partial charge in [-0.2, -0.15) is 0 Å². The van der Waals surface area contributed by atoms with Crippen molar-refractivity contribution in [1.82, 2.24) is 5.32 Å². The lowest BCUT2D eigenvalue weighted by atomic mass is 10.1. The van der Waals surface area contributed by atoms with Gasteiger partial charge in [0, 0.05) is 17.2 Å². The first kappa shape index (κ1) is 13.8. The number of amides is 1. The molecule has 2 atom stereocenters. The van der Waals surface area contributed by atoms with Crippen LogP contribution in [0.3, 0.4) is 0 Å². The summed E-state index contributed by atoms with van der Waals surface area (Å²) in [4.78, 5) is 23.2. The van der Waals surface area contributed by atoms with E-state index in [4.69, 9.17) is 16.3 Å². The van der Waals surface area contributed by atoms with Crippen LogP contribution in [-0.2, 0) is 14.3 Å². The molecule has 0 aliphatic carbocycles. The van der Waals surface area contributed by atoms with Gasteiger partial charge in [0.2, 0.25) is 5.91 Å². The highest BCUT2D eigenvalue weighted by Gasteiger charge is 2.29.